The second-order valence-corrected chi connectivity index (χ2v) is 5.86. The van der Waals surface area contributed by atoms with Crippen LogP contribution in [0.5, 0.6) is 0 Å². The lowest BCUT2D eigenvalue weighted by Gasteiger charge is -2.07. The SMILES string of the molecule is N#Cc1ccccc1CSc1nnc2n1CCCCC2. The molecule has 2 aromatic rings. The van der Waals surface area contributed by atoms with E-state index < -0.39 is 0 Å². The van der Waals surface area contributed by atoms with Gasteiger partial charge in [0.05, 0.1) is 11.6 Å². The largest absolute Gasteiger partial charge is 0.306 e. The first-order chi connectivity index (χ1) is 9.88. The van der Waals surface area contributed by atoms with Gasteiger partial charge < -0.3 is 4.57 Å². The Kier molecular flexibility index (Phi) is 4.03. The second-order valence-electron chi connectivity index (χ2n) is 4.92. The van der Waals surface area contributed by atoms with E-state index in [-0.39, 0.29) is 0 Å². The van der Waals surface area contributed by atoms with Gasteiger partial charge in [-0.2, -0.15) is 5.26 Å². The minimum Gasteiger partial charge on any atom is -0.306 e. The quantitative estimate of drug-likeness (QED) is 0.812. The fraction of sp³-hybridized carbons (Fsp3) is 0.400. The van der Waals surface area contributed by atoms with Crippen molar-refractivity contribution in [3.05, 3.63) is 41.2 Å². The summed E-state index contributed by atoms with van der Waals surface area (Å²) in [7, 11) is 0. The zero-order valence-corrected chi connectivity index (χ0v) is 12.1. The molecule has 102 valence electrons. The third kappa shape index (κ3) is 2.70. The zero-order valence-electron chi connectivity index (χ0n) is 11.2. The van der Waals surface area contributed by atoms with Gasteiger partial charge in [0.15, 0.2) is 5.16 Å². The van der Waals surface area contributed by atoms with Crippen molar-refractivity contribution in [1.82, 2.24) is 14.8 Å². The summed E-state index contributed by atoms with van der Waals surface area (Å²) in [5, 5.41) is 18.7. The fourth-order valence-corrected chi connectivity index (χ4v) is 3.45. The highest BCUT2D eigenvalue weighted by Crippen LogP contribution is 2.25. The number of thioether (sulfide) groups is 1. The van der Waals surface area contributed by atoms with E-state index in [9.17, 15) is 0 Å². The predicted octanol–water partition coefficient (Wildman–Crippen LogP) is 3.17. The molecule has 0 aliphatic carbocycles. The first-order valence-electron chi connectivity index (χ1n) is 6.91. The van der Waals surface area contributed by atoms with Gasteiger partial charge in [-0.15, -0.1) is 10.2 Å². The summed E-state index contributed by atoms with van der Waals surface area (Å²) in [5.41, 5.74) is 1.81. The Bertz CT molecular complexity index is 642. The minimum atomic E-state index is 0.746. The predicted molar refractivity (Wildman–Crippen MR) is 78.3 cm³/mol. The molecule has 0 saturated heterocycles. The molecular weight excluding hydrogens is 268 g/mol. The number of hydrogen-bond acceptors (Lipinski definition) is 4. The van der Waals surface area contributed by atoms with Crippen LogP contribution in [0.1, 0.15) is 36.2 Å². The maximum absolute atomic E-state index is 9.11. The molecule has 0 N–H and O–H groups in total. The van der Waals surface area contributed by atoms with E-state index in [0.717, 1.165) is 40.8 Å². The van der Waals surface area contributed by atoms with Gasteiger partial charge >= 0.3 is 0 Å². The Labute approximate surface area is 122 Å². The van der Waals surface area contributed by atoms with Gasteiger partial charge in [-0.05, 0) is 24.5 Å². The lowest BCUT2D eigenvalue weighted by molar-refractivity contribution is 0.591. The van der Waals surface area contributed by atoms with E-state index in [1.165, 1.54) is 19.3 Å². The Balaban J connectivity index is 1.76. The monoisotopic (exact) mass is 284 g/mol. The van der Waals surface area contributed by atoms with Crippen molar-refractivity contribution in [3.63, 3.8) is 0 Å². The number of hydrogen-bond donors (Lipinski definition) is 0. The van der Waals surface area contributed by atoms with Crippen LogP contribution in [0.2, 0.25) is 0 Å². The Morgan fingerprint density at radius 3 is 3.00 bits per heavy atom. The first-order valence-corrected chi connectivity index (χ1v) is 7.90. The molecule has 20 heavy (non-hydrogen) atoms. The molecule has 0 bridgehead atoms. The molecule has 0 saturated carbocycles. The normalized spacial score (nSPS) is 14.3. The van der Waals surface area contributed by atoms with Gasteiger partial charge in [0.25, 0.3) is 0 Å². The number of rotatable bonds is 3. The summed E-state index contributed by atoms with van der Waals surface area (Å²) in [5.74, 6) is 1.88. The lowest BCUT2D eigenvalue weighted by atomic mass is 10.1. The number of nitrogens with zero attached hydrogens (tertiary/aromatic N) is 4. The third-order valence-electron chi connectivity index (χ3n) is 3.57. The van der Waals surface area contributed by atoms with E-state index >= 15 is 0 Å². The zero-order chi connectivity index (χ0) is 13.8. The molecule has 0 atom stereocenters. The Morgan fingerprint density at radius 1 is 1.20 bits per heavy atom. The smallest absolute Gasteiger partial charge is 0.191 e. The van der Waals surface area contributed by atoms with Crippen molar-refractivity contribution >= 4 is 11.8 Å². The van der Waals surface area contributed by atoms with Crippen LogP contribution < -0.4 is 0 Å². The molecule has 5 heteroatoms. The lowest BCUT2D eigenvalue weighted by Crippen LogP contribution is -2.02. The topological polar surface area (TPSA) is 54.5 Å². The highest BCUT2D eigenvalue weighted by Gasteiger charge is 2.15. The van der Waals surface area contributed by atoms with Gasteiger partial charge in [0.2, 0.25) is 0 Å². The molecule has 1 aromatic heterocycles. The van der Waals surface area contributed by atoms with E-state index in [0.29, 0.717) is 0 Å². The average molecular weight is 284 g/mol. The standard InChI is InChI=1S/C15H16N4S/c16-10-12-6-3-4-7-13(12)11-20-15-18-17-14-8-2-1-5-9-19(14)15/h3-4,6-7H,1-2,5,8-9,11H2. The van der Waals surface area contributed by atoms with E-state index in [4.69, 9.17) is 5.26 Å². The molecule has 0 radical (unpaired) electrons. The van der Waals surface area contributed by atoms with Crippen molar-refractivity contribution in [2.24, 2.45) is 0 Å². The summed E-state index contributed by atoms with van der Waals surface area (Å²) < 4.78 is 2.24. The number of fused-ring (bicyclic) bond motifs is 1. The molecule has 0 amide bonds. The van der Waals surface area contributed by atoms with Crippen molar-refractivity contribution in [3.8, 4) is 6.07 Å². The summed E-state index contributed by atoms with van der Waals surface area (Å²) in [6.45, 7) is 1.02. The molecule has 4 nitrogen and oxygen atoms in total. The minimum absolute atomic E-state index is 0.746. The number of nitriles is 1. The van der Waals surface area contributed by atoms with Crippen LogP contribution in [0.15, 0.2) is 29.4 Å². The van der Waals surface area contributed by atoms with E-state index in [1.807, 2.05) is 24.3 Å². The molecule has 1 aliphatic heterocycles. The summed E-state index contributed by atoms with van der Waals surface area (Å²) in [6.07, 6.45) is 4.71. The van der Waals surface area contributed by atoms with Gasteiger partial charge in [0, 0.05) is 18.7 Å². The molecule has 0 spiro atoms. The number of benzene rings is 1. The fourth-order valence-electron chi connectivity index (χ4n) is 2.46. The Hall–Kier alpha value is -1.80. The highest BCUT2D eigenvalue weighted by molar-refractivity contribution is 7.98. The van der Waals surface area contributed by atoms with Crippen molar-refractivity contribution in [2.45, 2.75) is 43.1 Å². The summed E-state index contributed by atoms with van der Waals surface area (Å²) in [6, 6.07) is 9.98. The number of aromatic nitrogens is 3. The molecule has 1 aromatic carbocycles. The molecule has 3 rings (SSSR count). The maximum atomic E-state index is 9.11. The Morgan fingerprint density at radius 2 is 2.10 bits per heavy atom. The number of aryl methyl sites for hydroxylation is 1. The third-order valence-corrected chi connectivity index (χ3v) is 4.59. The van der Waals surface area contributed by atoms with Crippen LogP contribution in [0, 0.1) is 11.3 Å². The van der Waals surface area contributed by atoms with Gasteiger partial charge in [0.1, 0.15) is 5.82 Å². The summed E-state index contributed by atoms with van der Waals surface area (Å²) >= 11 is 1.67. The van der Waals surface area contributed by atoms with Crippen LogP contribution in [0.25, 0.3) is 0 Å². The average Bonchev–Trinajstić information content (AvgIpc) is 2.72. The van der Waals surface area contributed by atoms with Crippen molar-refractivity contribution in [1.29, 1.82) is 5.26 Å². The van der Waals surface area contributed by atoms with Crippen LogP contribution in [-0.2, 0) is 18.7 Å². The van der Waals surface area contributed by atoms with E-state index in [2.05, 4.69) is 20.8 Å². The first kappa shape index (κ1) is 13.2. The molecule has 0 unspecified atom stereocenters. The van der Waals surface area contributed by atoms with Crippen molar-refractivity contribution in [2.75, 3.05) is 0 Å². The van der Waals surface area contributed by atoms with E-state index in [1.54, 1.807) is 11.8 Å². The van der Waals surface area contributed by atoms with Gasteiger partial charge in [-0.3, -0.25) is 0 Å². The molecule has 2 heterocycles. The molecule has 0 fully saturated rings. The van der Waals surface area contributed by atoms with Crippen molar-refractivity contribution < 1.29 is 0 Å². The second kappa shape index (κ2) is 6.10. The van der Waals surface area contributed by atoms with Crippen LogP contribution >= 0.6 is 11.8 Å². The van der Waals surface area contributed by atoms with Crippen LogP contribution in [0.3, 0.4) is 0 Å². The van der Waals surface area contributed by atoms with Gasteiger partial charge in [-0.1, -0.05) is 36.4 Å². The molecular formula is C15H16N4S. The van der Waals surface area contributed by atoms with Crippen LogP contribution in [0.4, 0.5) is 0 Å². The maximum Gasteiger partial charge on any atom is 0.191 e. The summed E-state index contributed by atoms with van der Waals surface area (Å²) in [4.78, 5) is 0. The highest BCUT2D eigenvalue weighted by atomic mass is 32.2. The molecule has 1 aliphatic rings. The van der Waals surface area contributed by atoms with Gasteiger partial charge in [-0.25, -0.2) is 0 Å². The van der Waals surface area contributed by atoms with Crippen LogP contribution in [-0.4, -0.2) is 14.8 Å².